The van der Waals surface area contributed by atoms with E-state index in [1.807, 2.05) is 26.0 Å². The number of amides is 1. The van der Waals surface area contributed by atoms with Crippen molar-refractivity contribution >= 4 is 32.0 Å². The third kappa shape index (κ3) is 6.15. The number of nitrogens with zero attached hydrogens (tertiary/aromatic N) is 1. The van der Waals surface area contributed by atoms with Gasteiger partial charge in [-0.2, -0.15) is 8.42 Å². The van der Waals surface area contributed by atoms with Gasteiger partial charge in [0.05, 0.1) is 7.11 Å². The third-order valence-corrected chi connectivity index (χ3v) is 7.13. The minimum Gasteiger partial charge on any atom is -0.493 e. The minimum atomic E-state index is -4.22. The average Bonchev–Trinajstić information content (AvgIpc) is 2.82. The Kier molecular flexibility index (Phi) is 8.33. The van der Waals surface area contributed by atoms with Crippen molar-refractivity contribution in [3.8, 4) is 11.5 Å². The molecule has 1 unspecified atom stereocenters. The molecular formula is C25H25BrFNO5S. The number of benzene rings is 3. The minimum absolute atomic E-state index is 0.0236. The van der Waals surface area contributed by atoms with Gasteiger partial charge in [0.15, 0.2) is 11.5 Å². The van der Waals surface area contributed by atoms with Crippen LogP contribution in [0, 0.1) is 5.82 Å². The summed E-state index contributed by atoms with van der Waals surface area (Å²) < 4.78 is 50.1. The van der Waals surface area contributed by atoms with E-state index in [4.69, 9.17) is 8.92 Å². The molecule has 6 nitrogen and oxygen atoms in total. The number of hydrogen-bond acceptors (Lipinski definition) is 5. The Morgan fingerprint density at radius 1 is 1.03 bits per heavy atom. The molecule has 1 atom stereocenters. The molecule has 0 heterocycles. The Hall–Kier alpha value is -2.91. The van der Waals surface area contributed by atoms with Crippen LogP contribution < -0.4 is 8.92 Å². The molecule has 1 amide bonds. The van der Waals surface area contributed by atoms with E-state index in [0.29, 0.717) is 11.1 Å². The summed E-state index contributed by atoms with van der Waals surface area (Å²) in [4.78, 5) is 14.8. The van der Waals surface area contributed by atoms with Gasteiger partial charge >= 0.3 is 10.1 Å². The smallest absolute Gasteiger partial charge is 0.339 e. The van der Waals surface area contributed by atoms with Crippen LogP contribution in [0.2, 0.25) is 0 Å². The summed E-state index contributed by atoms with van der Waals surface area (Å²) in [5, 5.41) is 0. The number of carbonyl (C=O) groups excluding carboxylic acids is 1. The molecule has 0 spiro atoms. The molecule has 34 heavy (non-hydrogen) atoms. The maximum atomic E-state index is 13.2. The average molecular weight is 550 g/mol. The van der Waals surface area contributed by atoms with Crippen molar-refractivity contribution in [3.63, 3.8) is 0 Å². The van der Waals surface area contributed by atoms with Crippen molar-refractivity contribution in [2.75, 3.05) is 7.11 Å². The van der Waals surface area contributed by atoms with Crippen molar-refractivity contribution in [2.24, 2.45) is 0 Å². The fraction of sp³-hybridized carbons (Fsp3) is 0.240. The zero-order chi connectivity index (χ0) is 24.9. The van der Waals surface area contributed by atoms with Gasteiger partial charge in [0.2, 0.25) is 0 Å². The topological polar surface area (TPSA) is 72.9 Å². The molecule has 0 aliphatic carbocycles. The van der Waals surface area contributed by atoms with E-state index in [-0.39, 0.29) is 34.9 Å². The highest BCUT2D eigenvalue weighted by atomic mass is 79.9. The molecule has 0 aromatic heterocycles. The lowest BCUT2D eigenvalue weighted by molar-refractivity contribution is 0.0671. The molecule has 0 fully saturated rings. The van der Waals surface area contributed by atoms with Gasteiger partial charge < -0.3 is 13.8 Å². The van der Waals surface area contributed by atoms with Crippen LogP contribution in [0.1, 0.15) is 36.2 Å². The van der Waals surface area contributed by atoms with Crippen LogP contribution in [0.25, 0.3) is 0 Å². The highest BCUT2D eigenvalue weighted by Gasteiger charge is 2.23. The maximum Gasteiger partial charge on any atom is 0.339 e. The highest BCUT2D eigenvalue weighted by molar-refractivity contribution is 9.10. The lowest BCUT2D eigenvalue weighted by Crippen LogP contribution is -2.37. The molecule has 9 heteroatoms. The molecule has 0 bridgehead atoms. The summed E-state index contributed by atoms with van der Waals surface area (Å²) in [5.74, 6) is -0.508. The largest absolute Gasteiger partial charge is 0.493 e. The van der Waals surface area contributed by atoms with Crippen molar-refractivity contribution in [2.45, 2.75) is 37.8 Å². The Bertz CT molecular complexity index is 1250. The molecule has 3 rings (SSSR count). The van der Waals surface area contributed by atoms with Crippen LogP contribution in [0.3, 0.4) is 0 Å². The maximum absolute atomic E-state index is 13.2. The van der Waals surface area contributed by atoms with Crippen molar-refractivity contribution < 1.29 is 26.5 Å². The third-order valence-electron chi connectivity index (χ3n) is 5.36. The van der Waals surface area contributed by atoms with Crippen LogP contribution in [0.15, 0.2) is 76.1 Å². The van der Waals surface area contributed by atoms with Crippen LogP contribution in [0.5, 0.6) is 11.5 Å². The van der Waals surface area contributed by atoms with E-state index < -0.39 is 15.9 Å². The molecule has 0 N–H and O–H groups in total. The number of methoxy groups -OCH3 is 1. The molecule has 0 aliphatic heterocycles. The molecule has 3 aromatic carbocycles. The Morgan fingerprint density at radius 3 is 2.26 bits per heavy atom. The van der Waals surface area contributed by atoms with Crippen LogP contribution in [-0.4, -0.2) is 32.4 Å². The first kappa shape index (κ1) is 25.7. The quantitative estimate of drug-likeness (QED) is 0.315. The summed E-state index contributed by atoms with van der Waals surface area (Å²) in [7, 11) is -2.83. The molecular weight excluding hydrogens is 525 g/mol. The van der Waals surface area contributed by atoms with Crippen molar-refractivity contribution in [1.29, 1.82) is 0 Å². The first-order valence-electron chi connectivity index (χ1n) is 10.6. The molecule has 0 aliphatic rings. The highest BCUT2D eigenvalue weighted by Crippen LogP contribution is 2.32. The fourth-order valence-corrected chi connectivity index (χ4v) is 4.45. The number of ether oxygens (including phenoxy) is 1. The van der Waals surface area contributed by atoms with Gasteiger partial charge in [0.1, 0.15) is 10.7 Å². The van der Waals surface area contributed by atoms with Gasteiger partial charge in [-0.3, -0.25) is 4.79 Å². The van der Waals surface area contributed by atoms with E-state index in [0.717, 1.165) is 35.2 Å². The molecule has 0 saturated heterocycles. The summed E-state index contributed by atoms with van der Waals surface area (Å²) in [5.41, 5.74) is 1.21. The van der Waals surface area contributed by atoms with Crippen molar-refractivity contribution in [1.82, 2.24) is 4.90 Å². The van der Waals surface area contributed by atoms with E-state index in [9.17, 15) is 17.6 Å². The lowest BCUT2D eigenvalue weighted by atomic mass is 10.1. The first-order chi connectivity index (χ1) is 16.1. The fourth-order valence-electron chi connectivity index (χ4n) is 3.26. The zero-order valence-electron chi connectivity index (χ0n) is 19.0. The second-order valence-corrected chi connectivity index (χ2v) is 10.1. The predicted octanol–water partition coefficient (Wildman–Crippen LogP) is 5.81. The lowest BCUT2D eigenvalue weighted by Gasteiger charge is -2.29. The van der Waals surface area contributed by atoms with Gasteiger partial charge in [-0.15, -0.1) is 0 Å². The Morgan fingerprint density at radius 2 is 1.68 bits per heavy atom. The van der Waals surface area contributed by atoms with Gasteiger partial charge in [0, 0.05) is 22.6 Å². The second-order valence-electron chi connectivity index (χ2n) is 7.67. The van der Waals surface area contributed by atoms with Gasteiger partial charge in [0.25, 0.3) is 5.91 Å². The van der Waals surface area contributed by atoms with Gasteiger partial charge in [-0.05, 0) is 79.6 Å². The summed E-state index contributed by atoms with van der Waals surface area (Å²) in [6.45, 7) is 4.18. The molecule has 0 saturated carbocycles. The van der Waals surface area contributed by atoms with Crippen LogP contribution >= 0.6 is 15.9 Å². The van der Waals surface area contributed by atoms with Crippen LogP contribution in [0.4, 0.5) is 4.39 Å². The van der Waals surface area contributed by atoms with Gasteiger partial charge in [-0.25, -0.2) is 4.39 Å². The Balaban J connectivity index is 1.91. The number of halogens is 2. The first-order valence-corrected chi connectivity index (χ1v) is 12.8. The monoisotopic (exact) mass is 549 g/mol. The summed E-state index contributed by atoms with van der Waals surface area (Å²) >= 11 is 3.38. The second kappa shape index (κ2) is 11.0. The van der Waals surface area contributed by atoms with E-state index in [1.54, 1.807) is 29.2 Å². The van der Waals surface area contributed by atoms with E-state index in [1.165, 1.54) is 13.2 Å². The zero-order valence-corrected chi connectivity index (χ0v) is 21.4. The summed E-state index contributed by atoms with van der Waals surface area (Å²) in [6.07, 6.45) is 0.737. The normalized spacial score (nSPS) is 12.1. The SMILES string of the molecule is CCC(C)N(Cc1ccc(OC)c(OS(=O)(=O)c2ccc(F)cc2)c1)C(=O)c1ccc(Br)cc1. The Labute approximate surface area is 207 Å². The number of rotatable bonds is 9. The number of hydrogen-bond donors (Lipinski definition) is 0. The predicted molar refractivity (Wildman–Crippen MR) is 131 cm³/mol. The molecule has 180 valence electrons. The summed E-state index contributed by atoms with van der Waals surface area (Å²) in [6, 6.07) is 16.3. The van der Waals surface area contributed by atoms with E-state index >= 15 is 0 Å². The molecule has 3 aromatic rings. The standard InChI is InChI=1S/C25H25BrFNO5S/c1-4-17(2)28(25(29)19-6-8-20(26)9-7-19)16-18-5-14-23(32-3)24(15-18)33-34(30,31)22-12-10-21(27)11-13-22/h5-15,17H,4,16H2,1-3H3. The number of carbonyl (C=O) groups is 1. The van der Waals surface area contributed by atoms with Gasteiger partial charge in [-0.1, -0.05) is 28.9 Å². The van der Waals surface area contributed by atoms with Crippen molar-refractivity contribution in [3.05, 3.63) is 88.1 Å². The van der Waals surface area contributed by atoms with E-state index in [2.05, 4.69) is 15.9 Å². The van der Waals surface area contributed by atoms with Crippen LogP contribution in [-0.2, 0) is 16.7 Å². The molecule has 0 radical (unpaired) electrons.